The van der Waals surface area contributed by atoms with Crippen molar-refractivity contribution in [2.45, 2.75) is 13.0 Å². The standard InChI is InChI=1S/C5H7N5O3/c1-2(5(12)13)6-4(11)3-7-9-10-8-3/h2H,1H3,(H,6,11)(H,12,13)(H,7,8,9,10)/t2-/m0/s1. The molecule has 1 rings (SSSR count). The van der Waals surface area contributed by atoms with Gasteiger partial charge in [-0.25, -0.2) is 0 Å². The second-order valence-corrected chi connectivity index (χ2v) is 2.27. The Morgan fingerprint density at radius 2 is 2.31 bits per heavy atom. The first-order valence-corrected chi connectivity index (χ1v) is 3.38. The van der Waals surface area contributed by atoms with Crippen molar-refractivity contribution in [1.29, 1.82) is 0 Å². The summed E-state index contributed by atoms with van der Waals surface area (Å²) in [5.74, 6) is -1.99. The van der Waals surface area contributed by atoms with Crippen LogP contribution in [0.5, 0.6) is 0 Å². The molecule has 0 spiro atoms. The van der Waals surface area contributed by atoms with Gasteiger partial charge in [-0.05, 0) is 12.1 Å². The van der Waals surface area contributed by atoms with E-state index >= 15 is 0 Å². The summed E-state index contributed by atoms with van der Waals surface area (Å²) in [5.41, 5.74) is 0. The number of aromatic amines is 1. The molecule has 0 saturated carbocycles. The van der Waals surface area contributed by atoms with Crippen molar-refractivity contribution < 1.29 is 14.7 Å². The molecule has 0 aliphatic rings. The molecule has 1 aromatic rings. The number of aliphatic carboxylic acids is 1. The number of rotatable bonds is 3. The zero-order chi connectivity index (χ0) is 9.84. The summed E-state index contributed by atoms with van der Waals surface area (Å²) in [6.45, 7) is 1.33. The van der Waals surface area contributed by atoms with E-state index in [4.69, 9.17) is 5.11 Å². The molecule has 13 heavy (non-hydrogen) atoms. The van der Waals surface area contributed by atoms with Crippen molar-refractivity contribution in [1.82, 2.24) is 25.9 Å². The summed E-state index contributed by atoms with van der Waals surface area (Å²) in [5, 5.41) is 22.6. The quantitative estimate of drug-likeness (QED) is 0.521. The smallest absolute Gasteiger partial charge is 0.325 e. The van der Waals surface area contributed by atoms with Crippen LogP contribution in [0.1, 0.15) is 17.5 Å². The summed E-state index contributed by atoms with van der Waals surface area (Å²) in [4.78, 5) is 21.4. The second kappa shape index (κ2) is 3.61. The van der Waals surface area contributed by atoms with Gasteiger partial charge in [-0.2, -0.15) is 5.21 Å². The van der Waals surface area contributed by atoms with Crippen LogP contribution < -0.4 is 5.32 Å². The predicted octanol–water partition coefficient (Wildman–Crippen LogP) is -1.60. The third-order valence-electron chi connectivity index (χ3n) is 1.27. The number of H-pyrrole nitrogens is 1. The van der Waals surface area contributed by atoms with E-state index in [2.05, 4.69) is 25.9 Å². The highest BCUT2D eigenvalue weighted by Crippen LogP contribution is 1.87. The summed E-state index contributed by atoms with van der Waals surface area (Å²) < 4.78 is 0. The van der Waals surface area contributed by atoms with Crippen molar-refractivity contribution in [3.05, 3.63) is 5.82 Å². The Hall–Kier alpha value is -1.99. The van der Waals surface area contributed by atoms with E-state index in [9.17, 15) is 9.59 Å². The van der Waals surface area contributed by atoms with E-state index in [-0.39, 0.29) is 5.82 Å². The second-order valence-electron chi connectivity index (χ2n) is 2.27. The lowest BCUT2D eigenvalue weighted by Gasteiger charge is -2.05. The van der Waals surface area contributed by atoms with E-state index in [1.54, 1.807) is 0 Å². The first kappa shape index (κ1) is 9.10. The van der Waals surface area contributed by atoms with Crippen molar-refractivity contribution >= 4 is 11.9 Å². The molecule has 70 valence electrons. The highest BCUT2D eigenvalue weighted by molar-refractivity contribution is 5.92. The highest BCUT2D eigenvalue weighted by Gasteiger charge is 2.17. The lowest BCUT2D eigenvalue weighted by Crippen LogP contribution is -2.38. The van der Waals surface area contributed by atoms with Crippen molar-refractivity contribution in [3.8, 4) is 0 Å². The fourth-order valence-corrected chi connectivity index (χ4v) is 0.581. The number of carbonyl (C=O) groups excluding carboxylic acids is 1. The van der Waals surface area contributed by atoms with Gasteiger partial charge >= 0.3 is 5.97 Å². The zero-order valence-corrected chi connectivity index (χ0v) is 6.68. The third kappa shape index (κ3) is 2.22. The predicted molar refractivity (Wildman–Crippen MR) is 38.7 cm³/mol. The van der Waals surface area contributed by atoms with Gasteiger partial charge in [0.1, 0.15) is 6.04 Å². The minimum Gasteiger partial charge on any atom is -0.480 e. The van der Waals surface area contributed by atoms with Crippen LogP contribution in [0.25, 0.3) is 0 Å². The fraction of sp³-hybridized carbons (Fsp3) is 0.400. The van der Waals surface area contributed by atoms with Crippen LogP contribution in [0, 0.1) is 0 Å². The third-order valence-corrected chi connectivity index (χ3v) is 1.27. The number of carbonyl (C=O) groups is 2. The van der Waals surface area contributed by atoms with Gasteiger partial charge in [0.15, 0.2) is 0 Å². The average molecular weight is 185 g/mol. The Balaban J connectivity index is 2.56. The number of nitrogens with zero attached hydrogens (tertiary/aromatic N) is 3. The molecular weight excluding hydrogens is 178 g/mol. The Labute approximate surface area is 72.3 Å². The molecule has 1 aromatic heterocycles. The Morgan fingerprint density at radius 3 is 2.77 bits per heavy atom. The number of hydrogen-bond donors (Lipinski definition) is 3. The van der Waals surface area contributed by atoms with Gasteiger partial charge in [0.2, 0.25) is 0 Å². The number of carboxylic acid groups (broad SMARTS) is 1. The molecule has 3 N–H and O–H groups in total. The number of aromatic nitrogens is 4. The Kier molecular flexibility index (Phi) is 2.52. The molecule has 0 bridgehead atoms. The van der Waals surface area contributed by atoms with Crippen LogP contribution >= 0.6 is 0 Å². The first-order valence-electron chi connectivity index (χ1n) is 3.38. The maximum absolute atomic E-state index is 11.1. The number of hydrogen-bond acceptors (Lipinski definition) is 5. The monoisotopic (exact) mass is 185 g/mol. The summed E-state index contributed by atoms with van der Waals surface area (Å²) in [7, 11) is 0. The van der Waals surface area contributed by atoms with Crippen molar-refractivity contribution in [2.75, 3.05) is 0 Å². The molecule has 1 atom stereocenters. The van der Waals surface area contributed by atoms with Gasteiger partial charge in [0.05, 0.1) is 0 Å². The molecule has 0 saturated heterocycles. The minimum atomic E-state index is -1.13. The molecule has 0 fully saturated rings. The topological polar surface area (TPSA) is 121 Å². The maximum atomic E-state index is 11.1. The lowest BCUT2D eigenvalue weighted by atomic mass is 10.3. The van der Waals surface area contributed by atoms with Crippen LogP contribution in [0.4, 0.5) is 0 Å². The van der Waals surface area contributed by atoms with Gasteiger partial charge in [0.25, 0.3) is 11.7 Å². The lowest BCUT2D eigenvalue weighted by molar-refractivity contribution is -0.138. The van der Waals surface area contributed by atoms with E-state index < -0.39 is 17.9 Å². The van der Waals surface area contributed by atoms with Crippen LogP contribution in [0.2, 0.25) is 0 Å². The molecule has 0 aromatic carbocycles. The molecule has 8 heteroatoms. The molecule has 1 amide bonds. The van der Waals surface area contributed by atoms with Crippen LogP contribution in [-0.4, -0.2) is 43.6 Å². The van der Waals surface area contributed by atoms with E-state index in [0.29, 0.717) is 0 Å². The minimum absolute atomic E-state index is 0.187. The normalized spacial score (nSPS) is 12.1. The van der Waals surface area contributed by atoms with Gasteiger partial charge in [-0.1, -0.05) is 0 Å². The van der Waals surface area contributed by atoms with E-state index in [0.717, 1.165) is 0 Å². The molecule has 1 heterocycles. The van der Waals surface area contributed by atoms with Gasteiger partial charge in [-0.3, -0.25) is 9.59 Å². The van der Waals surface area contributed by atoms with Crippen molar-refractivity contribution in [2.24, 2.45) is 0 Å². The SMILES string of the molecule is C[C@H](NC(=O)c1nn[nH]n1)C(=O)O. The average Bonchev–Trinajstić information content (AvgIpc) is 2.55. The molecule has 0 unspecified atom stereocenters. The summed E-state index contributed by atoms with van der Waals surface area (Å²) in [6.07, 6.45) is 0. The van der Waals surface area contributed by atoms with Crippen LogP contribution in [0.15, 0.2) is 0 Å². The first-order chi connectivity index (χ1) is 6.11. The molecule has 0 radical (unpaired) electrons. The number of tetrazole rings is 1. The number of carboxylic acids is 1. The molecule has 8 nitrogen and oxygen atoms in total. The summed E-state index contributed by atoms with van der Waals surface area (Å²) in [6, 6.07) is -0.981. The molecule has 0 aliphatic carbocycles. The highest BCUT2D eigenvalue weighted by atomic mass is 16.4. The van der Waals surface area contributed by atoms with E-state index in [1.165, 1.54) is 6.92 Å². The van der Waals surface area contributed by atoms with E-state index in [1.807, 2.05) is 0 Å². The largest absolute Gasteiger partial charge is 0.480 e. The number of nitrogens with one attached hydrogen (secondary N) is 2. The Bertz CT molecular complexity index is 308. The van der Waals surface area contributed by atoms with Gasteiger partial charge in [-0.15, -0.1) is 10.2 Å². The van der Waals surface area contributed by atoms with Gasteiger partial charge < -0.3 is 10.4 Å². The number of amides is 1. The van der Waals surface area contributed by atoms with Crippen molar-refractivity contribution in [3.63, 3.8) is 0 Å². The van der Waals surface area contributed by atoms with Crippen LogP contribution in [-0.2, 0) is 4.79 Å². The molecular formula is C5H7N5O3. The Morgan fingerprint density at radius 1 is 1.62 bits per heavy atom. The van der Waals surface area contributed by atoms with Gasteiger partial charge in [0, 0.05) is 0 Å². The summed E-state index contributed by atoms with van der Waals surface area (Å²) >= 11 is 0. The fourth-order valence-electron chi connectivity index (χ4n) is 0.581. The zero-order valence-electron chi connectivity index (χ0n) is 6.68. The molecule has 0 aliphatic heterocycles. The van der Waals surface area contributed by atoms with Crippen LogP contribution in [0.3, 0.4) is 0 Å². The maximum Gasteiger partial charge on any atom is 0.325 e.